The van der Waals surface area contributed by atoms with Gasteiger partial charge in [-0.05, 0) is 31.0 Å². The van der Waals surface area contributed by atoms with Crippen LogP contribution in [0.1, 0.15) is 22.8 Å². The standard InChI is InChI=1S/C16H18OS/c1-13-7-9-15(10-8-13)18-16(11-12-17)14-5-3-2-4-6-14/h2-10,16-17H,11-12H2,1H3. The van der Waals surface area contributed by atoms with E-state index < -0.39 is 0 Å². The Morgan fingerprint density at radius 2 is 1.67 bits per heavy atom. The number of aliphatic hydroxyl groups is 1. The number of aryl methyl sites for hydroxylation is 1. The second-order valence-electron chi connectivity index (χ2n) is 4.34. The zero-order valence-corrected chi connectivity index (χ0v) is 11.4. The van der Waals surface area contributed by atoms with E-state index in [1.165, 1.54) is 16.0 Å². The maximum atomic E-state index is 9.21. The van der Waals surface area contributed by atoms with Gasteiger partial charge >= 0.3 is 0 Å². The van der Waals surface area contributed by atoms with Crippen molar-refractivity contribution < 1.29 is 5.11 Å². The highest BCUT2D eigenvalue weighted by molar-refractivity contribution is 7.99. The van der Waals surface area contributed by atoms with Gasteiger partial charge in [0.15, 0.2) is 0 Å². The Kier molecular flexibility index (Phi) is 4.85. The van der Waals surface area contributed by atoms with Crippen LogP contribution < -0.4 is 0 Å². The number of benzene rings is 2. The Hall–Kier alpha value is -1.25. The number of thioether (sulfide) groups is 1. The first-order valence-electron chi connectivity index (χ1n) is 6.19. The van der Waals surface area contributed by atoms with E-state index in [0.717, 1.165) is 6.42 Å². The van der Waals surface area contributed by atoms with Crippen molar-refractivity contribution >= 4 is 11.8 Å². The summed E-state index contributed by atoms with van der Waals surface area (Å²) in [6.45, 7) is 2.31. The summed E-state index contributed by atoms with van der Waals surface area (Å²) in [6.07, 6.45) is 0.780. The Bertz CT molecular complexity index is 464. The van der Waals surface area contributed by atoms with Crippen LogP contribution in [0.2, 0.25) is 0 Å². The summed E-state index contributed by atoms with van der Waals surface area (Å²) in [5, 5.41) is 9.53. The lowest BCUT2D eigenvalue weighted by molar-refractivity contribution is 0.287. The van der Waals surface area contributed by atoms with E-state index in [1.807, 2.05) is 17.8 Å². The molecule has 1 nitrogen and oxygen atoms in total. The van der Waals surface area contributed by atoms with Gasteiger partial charge in [0.1, 0.15) is 0 Å². The molecule has 0 heterocycles. The van der Waals surface area contributed by atoms with Gasteiger partial charge in [-0.1, -0.05) is 48.0 Å². The van der Waals surface area contributed by atoms with Crippen LogP contribution in [-0.2, 0) is 0 Å². The van der Waals surface area contributed by atoms with Crippen molar-refractivity contribution in [2.45, 2.75) is 23.5 Å². The summed E-state index contributed by atoms with van der Waals surface area (Å²) in [7, 11) is 0. The zero-order chi connectivity index (χ0) is 12.8. The monoisotopic (exact) mass is 258 g/mol. The molecule has 0 aliphatic heterocycles. The first-order chi connectivity index (χ1) is 8.79. The molecule has 1 unspecified atom stereocenters. The molecule has 0 saturated carbocycles. The van der Waals surface area contributed by atoms with Crippen molar-refractivity contribution in [2.75, 3.05) is 6.61 Å². The lowest BCUT2D eigenvalue weighted by atomic mass is 10.1. The molecule has 0 spiro atoms. The van der Waals surface area contributed by atoms with E-state index in [1.54, 1.807) is 0 Å². The minimum atomic E-state index is 0.221. The largest absolute Gasteiger partial charge is 0.396 e. The first kappa shape index (κ1) is 13.2. The van der Waals surface area contributed by atoms with E-state index in [2.05, 4.69) is 55.5 Å². The molecule has 0 aliphatic rings. The van der Waals surface area contributed by atoms with Gasteiger partial charge < -0.3 is 5.11 Å². The molecule has 2 aromatic carbocycles. The fourth-order valence-corrected chi connectivity index (χ4v) is 3.00. The number of hydrogen-bond donors (Lipinski definition) is 1. The second kappa shape index (κ2) is 6.62. The van der Waals surface area contributed by atoms with Crippen LogP contribution in [0.4, 0.5) is 0 Å². The van der Waals surface area contributed by atoms with Gasteiger partial charge in [-0.25, -0.2) is 0 Å². The van der Waals surface area contributed by atoms with Gasteiger partial charge in [0.2, 0.25) is 0 Å². The third kappa shape index (κ3) is 3.62. The van der Waals surface area contributed by atoms with Gasteiger partial charge in [-0.2, -0.15) is 0 Å². The molecule has 0 aromatic heterocycles. The van der Waals surface area contributed by atoms with Gasteiger partial charge in [-0.3, -0.25) is 0 Å². The topological polar surface area (TPSA) is 20.2 Å². The van der Waals surface area contributed by atoms with Crippen LogP contribution in [0, 0.1) is 6.92 Å². The van der Waals surface area contributed by atoms with Crippen molar-refractivity contribution in [1.82, 2.24) is 0 Å². The maximum Gasteiger partial charge on any atom is 0.0444 e. The van der Waals surface area contributed by atoms with E-state index in [-0.39, 0.29) is 6.61 Å². The molecular weight excluding hydrogens is 240 g/mol. The Morgan fingerprint density at radius 3 is 2.28 bits per heavy atom. The van der Waals surface area contributed by atoms with Crippen molar-refractivity contribution in [3.05, 3.63) is 65.7 Å². The normalized spacial score (nSPS) is 12.3. The Labute approximate surface area is 113 Å². The molecule has 94 valence electrons. The quantitative estimate of drug-likeness (QED) is 0.811. The third-order valence-electron chi connectivity index (χ3n) is 2.86. The zero-order valence-electron chi connectivity index (χ0n) is 10.5. The maximum absolute atomic E-state index is 9.21. The van der Waals surface area contributed by atoms with Gasteiger partial charge in [0.05, 0.1) is 0 Å². The van der Waals surface area contributed by atoms with E-state index >= 15 is 0 Å². The fraction of sp³-hybridized carbons (Fsp3) is 0.250. The molecule has 0 fully saturated rings. The smallest absolute Gasteiger partial charge is 0.0444 e. The highest BCUT2D eigenvalue weighted by atomic mass is 32.2. The van der Waals surface area contributed by atoms with E-state index in [0.29, 0.717) is 5.25 Å². The molecular formula is C16H18OS. The fourth-order valence-electron chi connectivity index (χ4n) is 1.86. The van der Waals surface area contributed by atoms with Crippen LogP contribution in [0.5, 0.6) is 0 Å². The molecule has 0 bridgehead atoms. The molecule has 0 amide bonds. The highest BCUT2D eigenvalue weighted by Gasteiger charge is 2.12. The average Bonchev–Trinajstić information content (AvgIpc) is 2.42. The van der Waals surface area contributed by atoms with E-state index in [4.69, 9.17) is 0 Å². The summed E-state index contributed by atoms with van der Waals surface area (Å²) in [6, 6.07) is 18.9. The van der Waals surface area contributed by atoms with Crippen LogP contribution in [-0.4, -0.2) is 11.7 Å². The van der Waals surface area contributed by atoms with Crippen molar-refractivity contribution in [1.29, 1.82) is 0 Å². The minimum absolute atomic E-state index is 0.221. The minimum Gasteiger partial charge on any atom is -0.396 e. The van der Waals surface area contributed by atoms with Crippen molar-refractivity contribution in [3.63, 3.8) is 0 Å². The SMILES string of the molecule is Cc1ccc(SC(CCO)c2ccccc2)cc1. The second-order valence-corrected chi connectivity index (χ2v) is 5.62. The van der Waals surface area contributed by atoms with Gasteiger partial charge in [0.25, 0.3) is 0 Å². The number of aliphatic hydroxyl groups excluding tert-OH is 1. The highest BCUT2D eigenvalue weighted by Crippen LogP contribution is 2.37. The van der Waals surface area contributed by atoms with Crippen LogP contribution >= 0.6 is 11.8 Å². The summed E-state index contributed by atoms with van der Waals surface area (Å²) in [5.41, 5.74) is 2.55. The number of hydrogen-bond acceptors (Lipinski definition) is 2. The predicted molar refractivity (Wildman–Crippen MR) is 77.9 cm³/mol. The van der Waals surface area contributed by atoms with Crippen LogP contribution in [0.15, 0.2) is 59.5 Å². The van der Waals surface area contributed by atoms with Gasteiger partial charge in [-0.15, -0.1) is 11.8 Å². The van der Waals surface area contributed by atoms with E-state index in [9.17, 15) is 5.11 Å². The molecule has 0 aliphatic carbocycles. The molecule has 18 heavy (non-hydrogen) atoms. The molecule has 1 N–H and O–H groups in total. The molecule has 2 heteroatoms. The predicted octanol–water partition coefficient (Wildman–Crippen LogP) is 4.21. The van der Waals surface area contributed by atoms with Crippen molar-refractivity contribution in [2.24, 2.45) is 0 Å². The molecule has 2 rings (SSSR count). The third-order valence-corrected chi connectivity index (χ3v) is 4.20. The lowest BCUT2D eigenvalue weighted by Crippen LogP contribution is -1.97. The van der Waals surface area contributed by atoms with Crippen LogP contribution in [0.3, 0.4) is 0 Å². The summed E-state index contributed by atoms with van der Waals surface area (Å²) in [5.74, 6) is 0. The van der Waals surface area contributed by atoms with Gasteiger partial charge in [0, 0.05) is 16.8 Å². The summed E-state index contributed by atoms with van der Waals surface area (Å²) in [4.78, 5) is 1.25. The average molecular weight is 258 g/mol. The lowest BCUT2D eigenvalue weighted by Gasteiger charge is -2.16. The number of rotatable bonds is 5. The Morgan fingerprint density at radius 1 is 1.00 bits per heavy atom. The molecule has 2 aromatic rings. The molecule has 0 radical (unpaired) electrons. The van der Waals surface area contributed by atoms with Crippen LogP contribution in [0.25, 0.3) is 0 Å². The molecule has 1 atom stereocenters. The Balaban J connectivity index is 2.14. The summed E-state index contributed by atoms with van der Waals surface area (Å²) >= 11 is 1.82. The first-order valence-corrected chi connectivity index (χ1v) is 7.06. The summed E-state index contributed by atoms with van der Waals surface area (Å²) < 4.78 is 0. The van der Waals surface area contributed by atoms with Crippen molar-refractivity contribution in [3.8, 4) is 0 Å². The molecule has 0 saturated heterocycles.